The van der Waals surface area contributed by atoms with Crippen molar-refractivity contribution in [3.05, 3.63) is 29.6 Å². The Morgan fingerprint density at radius 1 is 1.42 bits per heavy atom. The molecule has 3 heteroatoms. The van der Waals surface area contributed by atoms with Crippen molar-refractivity contribution in [3.8, 4) is 0 Å². The van der Waals surface area contributed by atoms with Crippen LogP contribution >= 0.6 is 0 Å². The molecule has 0 saturated carbocycles. The van der Waals surface area contributed by atoms with Gasteiger partial charge in [-0.1, -0.05) is 6.07 Å². The van der Waals surface area contributed by atoms with E-state index in [1.165, 1.54) is 6.07 Å². The summed E-state index contributed by atoms with van der Waals surface area (Å²) < 4.78 is 26.2. The summed E-state index contributed by atoms with van der Waals surface area (Å²) in [6.45, 7) is 0.581. The Kier molecular flexibility index (Phi) is 1.71. The van der Waals surface area contributed by atoms with Gasteiger partial charge >= 0.3 is 0 Å². The SMILES string of the molecule is Fc1cccc2c1C(F)CCN2. The molecule has 1 aromatic rings. The normalized spacial score (nSPS) is 21.3. The Labute approximate surface area is 69.4 Å². The van der Waals surface area contributed by atoms with Gasteiger partial charge in [0.1, 0.15) is 12.0 Å². The summed E-state index contributed by atoms with van der Waals surface area (Å²) in [5.74, 6) is -0.452. The number of rotatable bonds is 0. The van der Waals surface area contributed by atoms with Gasteiger partial charge in [-0.05, 0) is 12.1 Å². The second kappa shape index (κ2) is 2.73. The molecule has 1 aromatic carbocycles. The van der Waals surface area contributed by atoms with E-state index in [0.29, 0.717) is 18.7 Å². The quantitative estimate of drug-likeness (QED) is 0.629. The Morgan fingerprint density at radius 3 is 3.00 bits per heavy atom. The monoisotopic (exact) mass is 169 g/mol. The van der Waals surface area contributed by atoms with E-state index in [-0.39, 0.29) is 5.56 Å². The van der Waals surface area contributed by atoms with Gasteiger partial charge in [-0.2, -0.15) is 0 Å². The molecule has 0 bridgehead atoms. The lowest BCUT2D eigenvalue weighted by Gasteiger charge is -2.21. The highest BCUT2D eigenvalue weighted by Crippen LogP contribution is 2.33. The van der Waals surface area contributed by atoms with Gasteiger partial charge in [-0.25, -0.2) is 8.78 Å². The molecular weight excluding hydrogens is 160 g/mol. The third-order valence-corrected chi connectivity index (χ3v) is 2.08. The van der Waals surface area contributed by atoms with Crippen molar-refractivity contribution in [2.24, 2.45) is 0 Å². The molecule has 1 heterocycles. The van der Waals surface area contributed by atoms with Crippen LogP contribution in [0.4, 0.5) is 14.5 Å². The predicted octanol–water partition coefficient (Wildman–Crippen LogP) is 2.65. The average Bonchev–Trinajstić information content (AvgIpc) is 2.04. The number of nitrogens with one attached hydrogen (secondary N) is 1. The van der Waals surface area contributed by atoms with Gasteiger partial charge in [-0.3, -0.25) is 0 Å². The first kappa shape index (κ1) is 7.53. The summed E-state index contributed by atoms with van der Waals surface area (Å²) in [5, 5.41) is 2.95. The van der Waals surface area contributed by atoms with Crippen LogP contribution in [0.15, 0.2) is 18.2 Å². The standard InChI is InChI=1S/C9H9F2N/c10-6-2-1-3-8-9(6)7(11)4-5-12-8/h1-3,7,12H,4-5H2. The van der Waals surface area contributed by atoms with Gasteiger partial charge in [0.05, 0.1) is 0 Å². The van der Waals surface area contributed by atoms with Crippen molar-refractivity contribution in [2.45, 2.75) is 12.6 Å². The smallest absolute Gasteiger partial charge is 0.132 e. The summed E-state index contributed by atoms with van der Waals surface area (Å²) in [4.78, 5) is 0. The molecule has 0 fully saturated rings. The molecule has 1 aliphatic rings. The Bertz CT molecular complexity index is 299. The zero-order chi connectivity index (χ0) is 8.55. The molecule has 0 radical (unpaired) electrons. The predicted molar refractivity (Wildman–Crippen MR) is 43.4 cm³/mol. The van der Waals surface area contributed by atoms with Gasteiger partial charge in [0.15, 0.2) is 0 Å². The average molecular weight is 169 g/mol. The number of anilines is 1. The molecule has 2 rings (SSSR count). The van der Waals surface area contributed by atoms with Gasteiger partial charge < -0.3 is 5.32 Å². The van der Waals surface area contributed by atoms with E-state index in [0.717, 1.165) is 0 Å². The van der Waals surface area contributed by atoms with Crippen molar-refractivity contribution in [2.75, 3.05) is 11.9 Å². The summed E-state index contributed by atoms with van der Waals surface area (Å²) in [5.41, 5.74) is 0.775. The number of fused-ring (bicyclic) bond motifs is 1. The fraction of sp³-hybridized carbons (Fsp3) is 0.333. The maximum absolute atomic E-state index is 13.2. The van der Waals surface area contributed by atoms with Gasteiger partial charge in [0, 0.05) is 24.2 Å². The number of halogens is 2. The maximum Gasteiger partial charge on any atom is 0.132 e. The van der Waals surface area contributed by atoms with Crippen LogP contribution in [0.25, 0.3) is 0 Å². The molecule has 1 N–H and O–H groups in total. The van der Waals surface area contributed by atoms with E-state index in [4.69, 9.17) is 0 Å². The highest BCUT2D eigenvalue weighted by Gasteiger charge is 2.22. The Morgan fingerprint density at radius 2 is 2.25 bits per heavy atom. The minimum Gasteiger partial charge on any atom is -0.385 e. The summed E-state index contributed by atoms with van der Waals surface area (Å²) in [7, 11) is 0. The number of hydrogen-bond acceptors (Lipinski definition) is 1. The molecule has 0 aromatic heterocycles. The van der Waals surface area contributed by atoms with Crippen molar-refractivity contribution in [3.63, 3.8) is 0 Å². The van der Waals surface area contributed by atoms with Gasteiger partial charge in [0.25, 0.3) is 0 Å². The molecule has 64 valence electrons. The molecule has 1 unspecified atom stereocenters. The number of alkyl halides is 1. The van der Waals surface area contributed by atoms with E-state index >= 15 is 0 Å². The Balaban J connectivity index is 2.53. The van der Waals surface area contributed by atoms with E-state index in [1.54, 1.807) is 12.1 Å². The highest BCUT2D eigenvalue weighted by atomic mass is 19.1. The van der Waals surface area contributed by atoms with E-state index in [2.05, 4.69) is 5.32 Å². The van der Waals surface area contributed by atoms with Crippen LogP contribution in [0, 0.1) is 5.82 Å². The van der Waals surface area contributed by atoms with E-state index in [1.807, 2.05) is 0 Å². The van der Waals surface area contributed by atoms with Crippen LogP contribution in [-0.4, -0.2) is 6.54 Å². The topological polar surface area (TPSA) is 12.0 Å². The molecule has 0 amide bonds. The first-order valence-electron chi connectivity index (χ1n) is 3.95. The molecule has 0 aliphatic carbocycles. The van der Waals surface area contributed by atoms with Crippen molar-refractivity contribution in [1.29, 1.82) is 0 Å². The third kappa shape index (κ3) is 1.05. The lowest BCUT2D eigenvalue weighted by atomic mass is 10.0. The minimum absolute atomic E-state index is 0.184. The van der Waals surface area contributed by atoms with Gasteiger partial charge in [0.2, 0.25) is 0 Å². The molecule has 1 nitrogen and oxygen atoms in total. The molecule has 1 aliphatic heterocycles. The third-order valence-electron chi connectivity index (χ3n) is 2.08. The van der Waals surface area contributed by atoms with Crippen LogP contribution in [0.2, 0.25) is 0 Å². The van der Waals surface area contributed by atoms with Gasteiger partial charge in [-0.15, -0.1) is 0 Å². The largest absolute Gasteiger partial charge is 0.385 e. The van der Waals surface area contributed by atoms with Crippen LogP contribution in [0.5, 0.6) is 0 Å². The van der Waals surface area contributed by atoms with Crippen molar-refractivity contribution >= 4 is 5.69 Å². The Hall–Kier alpha value is -1.12. The fourth-order valence-electron chi connectivity index (χ4n) is 1.49. The maximum atomic E-state index is 13.2. The van der Waals surface area contributed by atoms with Crippen LogP contribution in [0.3, 0.4) is 0 Å². The molecule has 0 spiro atoms. The summed E-state index contributed by atoms with van der Waals surface area (Å²) >= 11 is 0. The van der Waals surface area contributed by atoms with E-state index in [9.17, 15) is 8.78 Å². The lowest BCUT2D eigenvalue weighted by molar-refractivity contribution is 0.314. The lowest BCUT2D eigenvalue weighted by Crippen LogP contribution is -2.15. The number of benzene rings is 1. The van der Waals surface area contributed by atoms with E-state index < -0.39 is 12.0 Å². The van der Waals surface area contributed by atoms with Crippen molar-refractivity contribution in [1.82, 2.24) is 0 Å². The molecule has 12 heavy (non-hydrogen) atoms. The zero-order valence-electron chi connectivity index (χ0n) is 6.48. The first-order chi connectivity index (χ1) is 5.79. The highest BCUT2D eigenvalue weighted by molar-refractivity contribution is 5.54. The fourth-order valence-corrected chi connectivity index (χ4v) is 1.49. The molecule has 0 saturated heterocycles. The second-order valence-electron chi connectivity index (χ2n) is 2.88. The van der Waals surface area contributed by atoms with Crippen molar-refractivity contribution < 1.29 is 8.78 Å². The van der Waals surface area contributed by atoms with Crippen LogP contribution < -0.4 is 5.32 Å². The zero-order valence-corrected chi connectivity index (χ0v) is 6.48. The first-order valence-corrected chi connectivity index (χ1v) is 3.95. The second-order valence-corrected chi connectivity index (χ2v) is 2.88. The van der Waals surface area contributed by atoms with Crippen LogP contribution in [-0.2, 0) is 0 Å². The summed E-state index contributed by atoms with van der Waals surface area (Å²) in [6.07, 6.45) is -0.795. The minimum atomic E-state index is -1.15. The number of hydrogen-bond donors (Lipinski definition) is 1. The molecular formula is C9H9F2N. The molecule has 1 atom stereocenters. The van der Waals surface area contributed by atoms with Crippen LogP contribution in [0.1, 0.15) is 18.2 Å². The summed E-state index contributed by atoms with van der Waals surface area (Å²) in [6, 6.07) is 4.57.